The highest BCUT2D eigenvalue weighted by Gasteiger charge is 2.24. The van der Waals surface area contributed by atoms with Gasteiger partial charge >= 0.3 is 5.69 Å². The third kappa shape index (κ3) is 3.26. The van der Waals surface area contributed by atoms with Crippen LogP contribution in [0, 0.1) is 17.0 Å². The van der Waals surface area contributed by atoms with Crippen molar-refractivity contribution in [1.82, 2.24) is 14.5 Å². The number of H-pyrrole nitrogens is 1. The minimum absolute atomic E-state index is 0.0517. The van der Waals surface area contributed by atoms with E-state index in [0.29, 0.717) is 6.54 Å². The van der Waals surface area contributed by atoms with Gasteiger partial charge in [-0.25, -0.2) is 4.79 Å². The van der Waals surface area contributed by atoms with Crippen molar-refractivity contribution in [3.05, 3.63) is 74.2 Å². The van der Waals surface area contributed by atoms with E-state index in [9.17, 15) is 14.9 Å². The number of nitrogens with zero attached hydrogens (tertiary/aromatic N) is 3. The molecule has 0 atom stereocenters. The summed E-state index contributed by atoms with van der Waals surface area (Å²) in [6.07, 6.45) is 1.77. The number of nitro benzene ring substituents is 1. The monoisotopic (exact) mass is 366 g/mol. The van der Waals surface area contributed by atoms with Gasteiger partial charge in [0.25, 0.3) is 5.69 Å². The molecule has 27 heavy (non-hydrogen) atoms. The number of nitro groups is 1. The third-order valence-corrected chi connectivity index (χ3v) is 5.55. The van der Waals surface area contributed by atoms with Gasteiger partial charge in [0.1, 0.15) is 0 Å². The van der Waals surface area contributed by atoms with Crippen LogP contribution in [0.1, 0.15) is 30.0 Å². The Kier molecular flexibility index (Phi) is 4.53. The van der Waals surface area contributed by atoms with Gasteiger partial charge < -0.3 is 4.98 Å². The molecule has 0 radical (unpaired) electrons. The Morgan fingerprint density at radius 3 is 2.63 bits per heavy atom. The van der Waals surface area contributed by atoms with Crippen LogP contribution in [0.3, 0.4) is 0 Å². The number of likely N-dealkylation sites (tertiary alicyclic amines) is 1. The number of hydrogen-bond acceptors (Lipinski definition) is 4. The maximum absolute atomic E-state index is 12.4. The smallest absolute Gasteiger partial charge is 0.306 e. The predicted octanol–water partition coefficient (Wildman–Crippen LogP) is 3.38. The topological polar surface area (TPSA) is 84.2 Å². The van der Waals surface area contributed by atoms with Gasteiger partial charge in [0, 0.05) is 37.3 Å². The summed E-state index contributed by atoms with van der Waals surface area (Å²) in [5, 5.41) is 11.1. The van der Waals surface area contributed by atoms with Crippen molar-refractivity contribution >= 4 is 16.7 Å². The van der Waals surface area contributed by atoms with Crippen LogP contribution in [-0.4, -0.2) is 32.5 Å². The Bertz CT molecular complexity index is 1040. The number of nitrogens with one attached hydrogen (secondary N) is 1. The normalized spacial score (nSPS) is 16.0. The highest BCUT2D eigenvalue weighted by Crippen LogP contribution is 2.27. The van der Waals surface area contributed by atoms with Crippen LogP contribution in [0.2, 0.25) is 0 Å². The molecule has 7 heteroatoms. The molecule has 0 saturated carbocycles. The Hall–Kier alpha value is -2.93. The molecule has 1 fully saturated rings. The largest absolute Gasteiger partial charge is 0.326 e. The Morgan fingerprint density at radius 2 is 1.89 bits per heavy atom. The Morgan fingerprint density at radius 1 is 1.15 bits per heavy atom. The number of benzene rings is 2. The second kappa shape index (κ2) is 7.00. The lowest BCUT2D eigenvalue weighted by Crippen LogP contribution is -2.36. The van der Waals surface area contributed by atoms with Crippen molar-refractivity contribution in [2.45, 2.75) is 32.4 Å². The lowest BCUT2D eigenvalue weighted by molar-refractivity contribution is -0.385. The zero-order valence-corrected chi connectivity index (χ0v) is 15.2. The zero-order chi connectivity index (χ0) is 19.0. The van der Waals surface area contributed by atoms with E-state index < -0.39 is 0 Å². The van der Waals surface area contributed by atoms with E-state index in [-0.39, 0.29) is 22.3 Å². The van der Waals surface area contributed by atoms with Crippen LogP contribution < -0.4 is 5.69 Å². The van der Waals surface area contributed by atoms with Crippen LogP contribution in [0.5, 0.6) is 0 Å². The molecule has 1 aromatic heterocycles. The van der Waals surface area contributed by atoms with Crippen LogP contribution in [0.4, 0.5) is 5.69 Å². The van der Waals surface area contributed by atoms with Gasteiger partial charge in [0.05, 0.1) is 16.0 Å². The first-order valence-corrected chi connectivity index (χ1v) is 9.19. The summed E-state index contributed by atoms with van der Waals surface area (Å²) in [5.41, 5.74) is 3.67. The maximum Gasteiger partial charge on any atom is 0.326 e. The molecule has 2 aromatic carbocycles. The number of rotatable bonds is 4. The minimum Gasteiger partial charge on any atom is -0.306 e. The number of aromatic nitrogens is 2. The molecule has 0 bridgehead atoms. The Labute approximate surface area is 156 Å². The first-order valence-electron chi connectivity index (χ1n) is 9.19. The lowest BCUT2D eigenvalue weighted by Gasteiger charge is -2.32. The van der Waals surface area contributed by atoms with Gasteiger partial charge in [0.2, 0.25) is 0 Å². The molecule has 140 valence electrons. The number of fused-ring (bicyclic) bond motifs is 1. The molecule has 1 aliphatic heterocycles. The van der Waals surface area contributed by atoms with Gasteiger partial charge in [0.15, 0.2) is 0 Å². The second-order valence-electron chi connectivity index (χ2n) is 7.14. The number of imidazole rings is 1. The lowest BCUT2D eigenvalue weighted by atomic mass is 10.0. The van der Waals surface area contributed by atoms with E-state index in [4.69, 9.17) is 0 Å². The van der Waals surface area contributed by atoms with Crippen molar-refractivity contribution in [3.63, 3.8) is 0 Å². The second-order valence-corrected chi connectivity index (χ2v) is 7.14. The third-order valence-electron chi connectivity index (χ3n) is 5.55. The van der Waals surface area contributed by atoms with E-state index in [2.05, 4.69) is 9.88 Å². The molecule has 1 aliphatic rings. The summed E-state index contributed by atoms with van der Waals surface area (Å²) in [5.74, 6) is 0. The van der Waals surface area contributed by atoms with Crippen LogP contribution in [0.15, 0.2) is 47.3 Å². The molecule has 3 aromatic rings. The quantitative estimate of drug-likeness (QED) is 0.567. The molecule has 0 unspecified atom stereocenters. The highest BCUT2D eigenvalue weighted by molar-refractivity contribution is 5.75. The van der Waals surface area contributed by atoms with Gasteiger partial charge in [-0.05, 0) is 37.5 Å². The van der Waals surface area contributed by atoms with Crippen molar-refractivity contribution < 1.29 is 4.92 Å². The number of para-hydroxylation sites is 2. The van der Waals surface area contributed by atoms with Crippen molar-refractivity contribution in [3.8, 4) is 0 Å². The van der Waals surface area contributed by atoms with Gasteiger partial charge in [-0.3, -0.25) is 19.6 Å². The van der Waals surface area contributed by atoms with E-state index in [1.54, 1.807) is 12.1 Å². The highest BCUT2D eigenvalue weighted by atomic mass is 16.6. The summed E-state index contributed by atoms with van der Waals surface area (Å²) in [6.45, 7) is 4.23. The first-order chi connectivity index (χ1) is 13.0. The number of aromatic amines is 1. The fraction of sp³-hybridized carbons (Fsp3) is 0.350. The van der Waals surface area contributed by atoms with Crippen molar-refractivity contribution in [2.75, 3.05) is 13.1 Å². The Balaban J connectivity index is 1.48. The molecule has 0 aliphatic carbocycles. The molecule has 7 nitrogen and oxygen atoms in total. The van der Waals surface area contributed by atoms with E-state index >= 15 is 0 Å². The van der Waals surface area contributed by atoms with Crippen LogP contribution >= 0.6 is 0 Å². The number of hydrogen-bond donors (Lipinski definition) is 1. The SMILES string of the molecule is Cc1c(CN2CCC(n3c(=O)[nH]c4ccccc43)CC2)cccc1[N+](=O)[O-]. The van der Waals surface area contributed by atoms with Gasteiger partial charge in [-0.15, -0.1) is 0 Å². The fourth-order valence-electron chi connectivity index (χ4n) is 4.05. The molecule has 0 spiro atoms. The summed E-state index contributed by atoms with van der Waals surface area (Å²) in [4.78, 5) is 28.4. The summed E-state index contributed by atoms with van der Waals surface area (Å²) >= 11 is 0. The molecule has 1 N–H and O–H groups in total. The van der Waals surface area contributed by atoms with Gasteiger partial charge in [-0.2, -0.15) is 0 Å². The zero-order valence-electron chi connectivity index (χ0n) is 15.2. The molecule has 1 saturated heterocycles. The van der Waals surface area contributed by atoms with Crippen LogP contribution in [0.25, 0.3) is 11.0 Å². The van der Waals surface area contributed by atoms with E-state index in [1.165, 1.54) is 0 Å². The molecule has 0 amide bonds. The van der Waals surface area contributed by atoms with Gasteiger partial charge in [-0.1, -0.05) is 24.3 Å². The van der Waals surface area contributed by atoms with Crippen molar-refractivity contribution in [1.29, 1.82) is 0 Å². The van der Waals surface area contributed by atoms with E-state index in [1.807, 2.05) is 41.8 Å². The summed E-state index contributed by atoms with van der Waals surface area (Å²) in [6, 6.07) is 13.2. The predicted molar refractivity (Wildman–Crippen MR) is 104 cm³/mol. The van der Waals surface area contributed by atoms with E-state index in [0.717, 1.165) is 48.1 Å². The minimum atomic E-state index is -0.325. The molecular weight excluding hydrogens is 344 g/mol. The molecular formula is C20H22N4O3. The average Bonchev–Trinajstić information content (AvgIpc) is 2.99. The first kappa shape index (κ1) is 17.5. The average molecular weight is 366 g/mol. The summed E-state index contributed by atoms with van der Waals surface area (Å²) in [7, 11) is 0. The number of piperidine rings is 1. The molecule has 4 rings (SSSR count). The maximum atomic E-state index is 12.4. The van der Waals surface area contributed by atoms with Crippen LogP contribution in [-0.2, 0) is 6.54 Å². The van der Waals surface area contributed by atoms with Crippen molar-refractivity contribution in [2.24, 2.45) is 0 Å². The summed E-state index contributed by atoms with van der Waals surface area (Å²) < 4.78 is 1.88. The molecule has 2 heterocycles. The standard InChI is InChI=1S/C20H22N4O3/c1-14-15(5-4-8-18(14)24(26)27)13-22-11-9-16(10-12-22)23-19-7-3-2-6-17(19)21-20(23)25/h2-8,16H,9-13H2,1H3,(H,21,25). The fourth-order valence-corrected chi connectivity index (χ4v) is 4.05.